The highest BCUT2D eigenvalue weighted by atomic mass is 19.1. The van der Waals surface area contributed by atoms with E-state index >= 15 is 0 Å². The summed E-state index contributed by atoms with van der Waals surface area (Å²) in [4.78, 5) is 15.6. The Balaban J connectivity index is 1.76. The maximum absolute atomic E-state index is 13.8. The topological polar surface area (TPSA) is 67.9 Å². The van der Waals surface area contributed by atoms with Gasteiger partial charge in [0.15, 0.2) is 11.2 Å². The fourth-order valence-electron chi connectivity index (χ4n) is 5.12. The van der Waals surface area contributed by atoms with Crippen LogP contribution in [0.1, 0.15) is 39.0 Å². The average molecular weight is 437 g/mol. The van der Waals surface area contributed by atoms with Crippen LogP contribution in [0, 0.1) is 39.7 Å². The summed E-state index contributed by atoms with van der Waals surface area (Å²) in [5.41, 5.74) is 0.788. The summed E-state index contributed by atoms with van der Waals surface area (Å²) in [7, 11) is 0. The average Bonchev–Trinajstić information content (AvgIpc) is 3.15. The summed E-state index contributed by atoms with van der Waals surface area (Å²) in [5.74, 6) is -2.14. The molecule has 1 fully saturated rings. The van der Waals surface area contributed by atoms with Crippen molar-refractivity contribution in [3.63, 3.8) is 0 Å². The van der Waals surface area contributed by atoms with Crippen LogP contribution in [0.15, 0.2) is 79.0 Å². The summed E-state index contributed by atoms with van der Waals surface area (Å²) >= 11 is 0. The standard InChI is InChI=1S/C27H17F2N3O/c28-20-9-5-18(6-10-20)23-24(25(33)19-7-11-21(29)12-8-19)32-14-13-17-3-1-2-4-22(17)26(32)27(23,15-30)16-31/h1-14,23-24,26H/t23-,24+,26+/m1/s1. The molecule has 0 spiro atoms. The lowest BCUT2D eigenvalue weighted by atomic mass is 9.67. The zero-order valence-electron chi connectivity index (χ0n) is 17.3. The third kappa shape index (κ3) is 3.03. The Kier molecular flexibility index (Phi) is 4.80. The van der Waals surface area contributed by atoms with Gasteiger partial charge in [-0.3, -0.25) is 4.79 Å². The molecule has 0 N–H and O–H groups in total. The van der Waals surface area contributed by atoms with E-state index in [0.29, 0.717) is 5.56 Å². The summed E-state index contributed by atoms with van der Waals surface area (Å²) < 4.78 is 27.2. The fourth-order valence-corrected chi connectivity index (χ4v) is 5.12. The number of benzene rings is 3. The number of Topliss-reactive ketones (excluding diaryl/α,β-unsaturated/α-hetero) is 1. The number of carbonyl (C=O) groups excluding carboxylic acids is 1. The number of hydrogen-bond donors (Lipinski definition) is 0. The molecule has 0 saturated carbocycles. The molecular weight excluding hydrogens is 420 g/mol. The van der Waals surface area contributed by atoms with Crippen LogP contribution in [-0.4, -0.2) is 16.7 Å². The molecule has 0 amide bonds. The lowest BCUT2D eigenvalue weighted by Gasteiger charge is -2.34. The van der Waals surface area contributed by atoms with Crippen molar-refractivity contribution in [2.45, 2.75) is 18.0 Å². The molecule has 2 heterocycles. The van der Waals surface area contributed by atoms with Crippen molar-refractivity contribution in [1.82, 2.24) is 4.90 Å². The molecular formula is C27H17F2N3O. The summed E-state index contributed by atoms with van der Waals surface area (Å²) in [6.07, 6.45) is 3.59. The number of rotatable bonds is 3. The molecule has 33 heavy (non-hydrogen) atoms. The minimum absolute atomic E-state index is 0.270. The maximum Gasteiger partial charge on any atom is 0.185 e. The Labute approximate surface area is 189 Å². The first-order valence-electron chi connectivity index (χ1n) is 10.4. The van der Waals surface area contributed by atoms with Crippen molar-refractivity contribution < 1.29 is 13.6 Å². The second-order valence-corrected chi connectivity index (χ2v) is 8.23. The summed E-state index contributed by atoms with van der Waals surface area (Å²) in [5, 5.41) is 20.8. The van der Waals surface area contributed by atoms with Crippen molar-refractivity contribution in [2.24, 2.45) is 5.41 Å². The van der Waals surface area contributed by atoms with Gasteiger partial charge in [0, 0.05) is 17.7 Å². The molecule has 3 aromatic carbocycles. The van der Waals surface area contributed by atoms with E-state index < -0.39 is 35.1 Å². The molecule has 2 aliphatic rings. The van der Waals surface area contributed by atoms with Crippen molar-refractivity contribution in [3.05, 3.63) is 113 Å². The largest absolute Gasteiger partial charge is 0.357 e. The van der Waals surface area contributed by atoms with Crippen LogP contribution < -0.4 is 0 Å². The van der Waals surface area contributed by atoms with Gasteiger partial charge in [0.1, 0.15) is 17.7 Å². The smallest absolute Gasteiger partial charge is 0.185 e. The molecule has 2 aliphatic heterocycles. The number of hydrogen-bond acceptors (Lipinski definition) is 4. The number of nitrogens with zero attached hydrogens (tertiary/aromatic N) is 3. The minimum atomic E-state index is -1.63. The lowest BCUT2D eigenvalue weighted by molar-refractivity contribution is 0.0874. The summed E-state index contributed by atoms with van der Waals surface area (Å²) in [6, 6.07) is 21.0. The third-order valence-corrected chi connectivity index (χ3v) is 6.57. The molecule has 0 unspecified atom stereocenters. The van der Waals surface area contributed by atoms with E-state index in [-0.39, 0.29) is 11.3 Å². The number of carbonyl (C=O) groups is 1. The Morgan fingerprint density at radius 1 is 0.879 bits per heavy atom. The van der Waals surface area contributed by atoms with Crippen molar-refractivity contribution in [3.8, 4) is 12.1 Å². The van der Waals surface area contributed by atoms with Gasteiger partial charge in [-0.05, 0) is 59.2 Å². The molecule has 6 heteroatoms. The third-order valence-electron chi connectivity index (χ3n) is 6.57. The molecule has 160 valence electrons. The van der Waals surface area contributed by atoms with Gasteiger partial charge in [-0.15, -0.1) is 0 Å². The van der Waals surface area contributed by atoms with Gasteiger partial charge in [-0.25, -0.2) is 8.78 Å². The van der Waals surface area contributed by atoms with Crippen molar-refractivity contribution in [1.29, 1.82) is 10.5 Å². The molecule has 3 atom stereocenters. The van der Waals surface area contributed by atoms with Gasteiger partial charge in [0.05, 0.1) is 18.2 Å². The van der Waals surface area contributed by atoms with E-state index in [9.17, 15) is 24.1 Å². The Morgan fingerprint density at radius 3 is 2.12 bits per heavy atom. The van der Waals surface area contributed by atoms with Crippen molar-refractivity contribution in [2.75, 3.05) is 0 Å². The zero-order chi connectivity index (χ0) is 23.2. The van der Waals surface area contributed by atoms with E-state index in [1.807, 2.05) is 30.3 Å². The van der Waals surface area contributed by atoms with Gasteiger partial charge in [-0.1, -0.05) is 36.4 Å². The minimum Gasteiger partial charge on any atom is -0.357 e. The molecule has 1 saturated heterocycles. The highest BCUT2D eigenvalue weighted by Crippen LogP contribution is 2.60. The van der Waals surface area contributed by atoms with Gasteiger partial charge < -0.3 is 4.90 Å². The molecule has 0 bridgehead atoms. The molecule has 0 aliphatic carbocycles. The van der Waals surface area contributed by atoms with Gasteiger partial charge in [0.2, 0.25) is 0 Å². The van der Waals surface area contributed by atoms with Crippen LogP contribution in [-0.2, 0) is 0 Å². The van der Waals surface area contributed by atoms with E-state index in [1.165, 1.54) is 48.5 Å². The SMILES string of the molecule is N#CC1(C#N)[C@H](c2ccc(F)cc2)[C@@H](C(=O)c2ccc(F)cc2)N2C=Cc3ccccc3[C@H]21. The van der Waals surface area contributed by atoms with Crippen LogP contribution in [0.5, 0.6) is 0 Å². The predicted octanol–water partition coefficient (Wildman–Crippen LogP) is 5.37. The molecule has 0 aromatic heterocycles. The molecule has 0 radical (unpaired) electrons. The van der Waals surface area contributed by atoms with Crippen LogP contribution in [0.3, 0.4) is 0 Å². The van der Waals surface area contributed by atoms with Crippen LogP contribution in [0.25, 0.3) is 6.08 Å². The quantitative estimate of drug-likeness (QED) is 0.517. The second-order valence-electron chi connectivity index (χ2n) is 8.23. The van der Waals surface area contributed by atoms with E-state index in [4.69, 9.17) is 0 Å². The number of nitriles is 2. The van der Waals surface area contributed by atoms with Gasteiger partial charge >= 0.3 is 0 Å². The lowest BCUT2D eigenvalue weighted by Crippen LogP contribution is -2.37. The van der Waals surface area contributed by atoms with Crippen LogP contribution >= 0.6 is 0 Å². The number of ketones is 1. The number of halogens is 2. The highest BCUT2D eigenvalue weighted by Gasteiger charge is 2.63. The van der Waals surface area contributed by atoms with E-state index in [0.717, 1.165) is 11.1 Å². The van der Waals surface area contributed by atoms with Gasteiger partial charge in [0.25, 0.3) is 0 Å². The molecule has 5 rings (SSSR count). The Morgan fingerprint density at radius 2 is 1.48 bits per heavy atom. The van der Waals surface area contributed by atoms with Crippen LogP contribution in [0.4, 0.5) is 8.78 Å². The van der Waals surface area contributed by atoms with Crippen molar-refractivity contribution >= 4 is 11.9 Å². The first kappa shape index (κ1) is 20.6. The zero-order valence-corrected chi connectivity index (χ0v) is 17.3. The first-order valence-corrected chi connectivity index (χ1v) is 10.4. The normalized spacial score (nSPS) is 22.1. The van der Waals surface area contributed by atoms with Gasteiger partial charge in [-0.2, -0.15) is 10.5 Å². The maximum atomic E-state index is 13.8. The van der Waals surface area contributed by atoms with E-state index in [1.54, 1.807) is 11.1 Å². The highest BCUT2D eigenvalue weighted by molar-refractivity contribution is 6.01. The van der Waals surface area contributed by atoms with E-state index in [2.05, 4.69) is 12.1 Å². The first-order chi connectivity index (χ1) is 16.0. The number of fused-ring (bicyclic) bond motifs is 3. The summed E-state index contributed by atoms with van der Waals surface area (Å²) in [6.45, 7) is 0. The second kappa shape index (κ2) is 7.69. The Hall–Kier alpha value is -4.29. The fraction of sp³-hybridized carbons (Fsp3) is 0.148. The molecule has 3 aromatic rings. The monoisotopic (exact) mass is 437 g/mol. The molecule has 4 nitrogen and oxygen atoms in total. The van der Waals surface area contributed by atoms with Crippen LogP contribution in [0.2, 0.25) is 0 Å². The predicted molar refractivity (Wildman–Crippen MR) is 117 cm³/mol. The Bertz CT molecular complexity index is 1340.